The fourth-order valence-electron chi connectivity index (χ4n) is 3.42. The zero-order chi connectivity index (χ0) is 15.4. The van der Waals surface area contributed by atoms with Crippen molar-refractivity contribution in [2.45, 2.75) is 51.9 Å². The predicted molar refractivity (Wildman–Crippen MR) is 93.5 cm³/mol. The minimum absolute atomic E-state index is 0.788. The molecule has 0 saturated heterocycles. The zero-order valence-electron chi connectivity index (χ0n) is 13.9. The van der Waals surface area contributed by atoms with E-state index < -0.39 is 0 Å². The molecule has 0 spiro atoms. The van der Waals surface area contributed by atoms with E-state index in [0.29, 0.717) is 0 Å². The number of hydrogen-bond acceptors (Lipinski definition) is 4. The van der Waals surface area contributed by atoms with E-state index in [1.165, 1.54) is 37.3 Å². The van der Waals surface area contributed by atoms with Gasteiger partial charge >= 0.3 is 0 Å². The lowest BCUT2D eigenvalue weighted by molar-refractivity contribution is 0.373. The van der Waals surface area contributed by atoms with Crippen LogP contribution in [-0.4, -0.2) is 30.1 Å². The molecule has 2 aliphatic carbocycles. The quantitative estimate of drug-likeness (QED) is 0.906. The SMILES string of the molecule is CCN(C)c1nc(NCC2CCCCC2)nc2c1=CCCC=2. The summed E-state index contributed by atoms with van der Waals surface area (Å²) >= 11 is 0. The van der Waals surface area contributed by atoms with Gasteiger partial charge in [0.1, 0.15) is 5.82 Å². The molecule has 4 heteroatoms. The van der Waals surface area contributed by atoms with Crippen molar-refractivity contribution < 1.29 is 0 Å². The molecule has 0 aromatic carbocycles. The number of hydrogen-bond donors (Lipinski definition) is 1. The van der Waals surface area contributed by atoms with E-state index in [9.17, 15) is 0 Å². The van der Waals surface area contributed by atoms with Gasteiger partial charge in [-0.25, -0.2) is 4.98 Å². The molecule has 2 aliphatic rings. The van der Waals surface area contributed by atoms with Gasteiger partial charge in [-0.1, -0.05) is 31.4 Å². The molecule has 4 nitrogen and oxygen atoms in total. The molecule has 1 aromatic heterocycles. The van der Waals surface area contributed by atoms with Crippen LogP contribution in [0.3, 0.4) is 0 Å². The molecule has 3 rings (SSSR count). The van der Waals surface area contributed by atoms with Crippen molar-refractivity contribution in [2.24, 2.45) is 5.92 Å². The largest absolute Gasteiger partial charge is 0.359 e. The minimum atomic E-state index is 0.788. The highest BCUT2D eigenvalue weighted by molar-refractivity contribution is 5.51. The third-order valence-electron chi connectivity index (χ3n) is 4.92. The van der Waals surface area contributed by atoms with Crippen molar-refractivity contribution in [1.29, 1.82) is 0 Å². The molecule has 0 atom stereocenters. The number of nitrogens with one attached hydrogen (secondary N) is 1. The van der Waals surface area contributed by atoms with E-state index in [1.807, 2.05) is 0 Å². The van der Waals surface area contributed by atoms with Crippen LogP contribution in [0.1, 0.15) is 51.9 Å². The zero-order valence-corrected chi connectivity index (χ0v) is 13.9. The Balaban J connectivity index is 1.82. The molecular weight excluding hydrogens is 272 g/mol. The topological polar surface area (TPSA) is 41.1 Å². The van der Waals surface area contributed by atoms with Crippen LogP contribution in [-0.2, 0) is 0 Å². The fourth-order valence-corrected chi connectivity index (χ4v) is 3.42. The van der Waals surface area contributed by atoms with Crippen LogP contribution in [0.5, 0.6) is 0 Å². The average molecular weight is 300 g/mol. The summed E-state index contributed by atoms with van der Waals surface area (Å²) in [5, 5.41) is 5.81. The second-order valence-electron chi connectivity index (χ2n) is 6.55. The Morgan fingerprint density at radius 3 is 2.68 bits per heavy atom. The molecule has 0 amide bonds. The Morgan fingerprint density at radius 2 is 1.91 bits per heavy atom. The molecule has 0 aliphatic heterocycles. The molecule has 0 bridgehead atoms. The Hall–Kier alpha value is -1.58. The van der Waals surface area contributed by atoms with E-state index in [0.717, 1.165) is 49.0 Å². The minimum Gasteiger partial charge on any atom is -0.359 e. The van der Waals surface area contributed by atoms with Crippen LogP contribution in [0.4, 0.5) is 11.8 Å². The van der Waals surface area contributed by atoms with Crippen LogP contribution >= 0.6 is 0 Å². The van der Waals surface area contributed by atoms with E-state index in [-0.39, 0.29) is 0 Å². The monoisotopic (exact) mass is 300 g/mol. The molecule has 22 heavy (non-hydrogen) atoms. The van der Waals surface area contributed by atoms with Gasteiger partial charge in [0.2, 0.25) is 5.95 Å². The third kappa shape index (κ3) is 3.42. The molecule has 1 N–H and O–H groups in total. The fraction of sp³-hybridized carbons (Fsp3) is 0.667. The third-order valence-corrected chi connectivity index (χ3v) is 4.92. The summed E-state index contributed by atoms with van der Waals surface area (Å²) in [6.45, 7) is 4.13. The standard InChI is InChI=1S/C18H28N4/c1-3-22(2)17-15-11-7-8-12-16(15)20-18(21-17)19-13-14-9-5-4-6-10-14/h11-12,14H,3-10,13H2,1-2H3,(H,19,20). The first-order chi connectivity index (χ1) is 10.8. The summed E-state index contributed by atoms with van der Waals surface area (Å²) < 4.78 is 0. The van der Waals surface area contributed by atoms with Gasteiger partial charge in [-0.15, -0.1) is 0 Å². The van der Waals surface area contributed by atoms with Gasteiger partial charge in [0.05, 0.1) is 5.35 Å². The molecule has 1 fully saturated rings. The van der Waals surface area contributed by atoms with Crippen LogP contribution in [0, 0.1) is 5.92 Å². The molecule has 1 heterocycles. The van der Waals surface area contributed by atoms with Crippen molar-refractivity contribution in [1.82, 2.24) is 9.97 Å². The smallest absolute Gasteiger partial charge is 0.225 e. The second kappa shape index (κ2) is 7.12. The lowest BCUT2D eigenvalue weighted by atomic mass is 9.89. The van der Waals surface area contributed by atoms with Crippen LogP contribution in [0.25, 0.3) is 12.2 Å². The molecule has 0 unspecified atom stereocenters. The van der Waals surface area contributed by atoms with Crippen molar-refractivity contribution in [3.05, 3.63) is 10.6 Å². The first-order valence-electron chi connectivity index (χ1n) is 8.81. The van der Waals surface area contributed by atoms with Gasteiger partial charge < -0.3 is 10.2 Å². The first kappa shape index (κ1) is 15.3. The molecule has 0 radical (unpaired) electrons. The van der Waals surface area contributed by atoms with E-state index in [2.05, 4.69) is 36.3 Å². The Bertz CT molecular complexity index is 617. The summed E-state index contributed by atoms with van der Waals surface area (Å²) in [6.07, 6.45) is 13.6. The average Bonchev–Trinajstić information content (AvgIpc) is 2.59. The van der Waals surface area contributed by atoms with E-state index in [1.54, 1.807) is 0 Å². The molecule has 120 valence electrons. The summed E-state index contributed by atoms with van der Waals surface area (Å²) in [5.41, 5.74) is 0. The van der Waals surface area contributed by atoms with Crippen LogP contribution in [0.15, 0.2) is 0 Å². The van der Waals surface area contributed by atoms with Gasteiger partial charge in [-0.3, -0.25) is 0 Å². The first-order valence-corrected chi connectivity index (χ1v) is 8.81. The van der Waals surface area contributed by atoms with Crippen molar-refractivity contribution in [3.63, 3.8) is 0 Å². The van der Waals surface area contributed by atoms with Crippen LogP contribution < -0.4 is 20.8 Å². The Kier molecular flexibility index (Phi) is 4.96. The summed E-state index contributed by atoms with van der Waals surface area (Å²) in [6, 6.07) is 0. The number of aromatic nitrogens is 2. The van der Waals surface area contributed by atoms with Crippen LogP contribution in [0.2, 0.25) is 0 Å². The number of rotatable bonds is 5. The second-order valence-corrected chi connectivity index (χ2v) is 6.55. The highest BCUT2D eigenvalue weighted by Gasteiger charge is 2.15. The van der Waals surface area contributed by atoms with Gasteiger partial charge in [0, 0.05) is 25.4 Å². The maximum absolute atomic E-state index is 4.79. The van der Waals surface area contributed by atoms with Crippen molar-refractivity contribution in [2.75, 3.05) is 30.4 Å². The van der Waals surface area contributed by atoms with E-state index >= 15 is 0 Å². The van der Waals surface area contributed by atoms with Crippen molar-refractivity contribution >= 4 is 23.9 Å². The molecule has 1 aromatic rings. The molecular formula is C18H28N4. The normalized spacial score (nSPS) is 18.1. The van der Waals surface area contributed by atoms with Gasteiger partial charge in [0.15, 0.2) is 0 Å². The number of anilines is 2. The lowest BCUT2D eigenvalue weighted by Crippen LogP contribution is -2.38. The highest BCUT2D eigenvalue weighted by atomic mass is 15.2. The Morgan fingerprint density at radius 1 is 1.14 bits per heavy atom. The highest BCUT2D eigenvalue weighted by Crippen LogP contribution is 2.23. The maximum atomic E-state index is 4.79. The number of fused-ring (bicyclic) bond motifs is 1. The molecule has 1 saturated carbocycles. The van der Waals surface area contributed by atoms with Gasteiger partial charge in [0.25, 0.3) is 0 Å². The van der Waals surface area contributed by atoms with E-state index in [4.69, 9.17) is 9.97 Å². The number of nitrogens with zero attached hydrogens (tertiary/aromatic N) is 3. The predicted octanol–water partition coefficient (Wildman–Crippen LogP) is 2.28. The summed E-state index contributed by atoms with van der Waals surface area (Å²) in [7, 11) is 2.11. The van der Waals surface area contributed by atoms with Gasteiger partial charge in [-0.2, -0.15) is 4.98 Å². The lowest BCUT2D eigenvalue weighted by Gasteiger charge is -2.22. The maximum Gasteiger partial charge on any atom is 0.225 e. The van der Waals surface area contributed by atoms with Gasteiger partial charge in [-0.05, 0) is 38.5 Å². The Labute approximate surface area is 133 Å². The summed E-state index contributed by atoms with van der Waals surface area (Å²) in [5.74, 6) is 2.65. The van der Waals surface area contributed by atoms with Crippen molar-refractivity contribution in [3.8, 4) is 0 Å². The summed E-state index contributed by atoms with van der Waals surface area (Å²) in [4.78, 5) is 11.7.